The number of hydrogen-bond donors (Lipinski definition) is 1. The average molecular weight is 195 g/mol. The molecule has 0 bridgehead atoms. The molecule has 0 spiro atoms. The Balaban J connectivity index is 2.28. The van der Waals surface area contributed by atoms with Gasteiger partial charge in [0.05, 0.1) is 12.0 Å². The summed E-state index contributed by atoms with van der Waals surface area (Å²) in [7, 11) is 1.73. The first-order valence-corrected chi connectivity index (χ1v) is 5.31. The normalized spacial score (nSPS) is 16.8. The van der Waals surface area contributed by atoms with E-state index in [0.29, 0.717) is 0 Å². The molecular formula is C10H13NOS. The van der Waals surface area contributed by atoms with Crippen LogP contribution < -0.4 is 10.1 Å². The lowest BCUT2D eigenvalue weighted by molar-refractivity contribution is 0.415. The molecule has 0 saturated carbocycles. The van der Waals surface area contributed by atoms with Crippen LogP contribution in [0.15, 0.2) is 17.5 Å². The van der Waals surface area contributed by atoms with E-state index >= 15 is 0 Å². The highest BCUT2D eigenvalue weighted by atomic mass is 32.1. The summed E-state index contributed by atoms with van der Waals surface area (Å²) in [6, 6.07) is 2.03. The van der Waals surface area contributed by atoms with Crippen molar-refractivity contribution in [1.82, 2.24) is 5.32 Å². The molecule has 2 nitrogen and oxygen atoms in total. The quantitative estimate of drug-likeness (QED) is 0.780. The lowest BCUT2D eigenvalue weighted by Crippen LogP contribution is -2.19. The fourth-order valence-corrected chi connectivity index (χ4v) is 2.45. The van der Waals surface area contributed by atoms with E-state index in [9.17, 15) is 0 Å². The molecule has 0 saturated heterocycles. The summed E-state index contributed by atoms with van der Waals surface area (Å²) >= 11 is 1.76. The SMILES string of the molecule is COc1ccsc1C1=CCNCC1. The van der Waals surface area contributed by atoms with E-state index in [1.54, 1.807) is 18.4 Å². The number of methoxy groups -OCH3 is 1. The Morgan fingerprint density at radius 1 is 1.54 bits per heavy atom. The van der Waals surface area contributed by atoms with Crippen LogP contribution in [0, 0.1) is 0 Å². The number of rotatable bonds is 2. The number of thiophene rings is 1. The molecule has 0 aliphatic carbocycles. The standard InChI is InChI=1S/C10H13NOS/c1-12-9-4-7-13-10(9)8-2-5-11-6-3-8/h2,4,7,11H,3,5-6H2,1H3. The Labute approximate surface area is 82.2 Å². The predicted octanol–water partition coefficient (Wildman–Crippen LogP) is 2.13. The van der Waals surface area contributed by atoms with Crippen LogP contribution in [-0.4, -0.2) is 20.2 Å². The van der Waals surface area contributed by atoms with E-state index in [4.69, 9.17) is 4.74 Å². The molecule has 1 aliphatic heterocycles. The van der Waals surface area contributed by atoms with Crippen molar-refractivity contribution >= 4 is 16.9 Å². The second kappa shape index (κ2) is 3.94. The highest BCUT2D eigenvalue weighted by molar-refractivity contribution is 7.11. The molecule has 0 fully saturated rings. The lowest BCUT2D eigenvalue weighted by Gasteiger charge is -2.13. The van der Waals surface area contributed by atoms with Gasteiger partial charge >= 0.3 is 0 Å². The zero-order valence-electron chi connectivity index (χ0n) is 7.67. The van der Waals surface area contributed by atoms with Gasteiger partial charge in [-0.25, -0.2) is 0 Å². The van der Waals surface area contributed by atoms with Gasteiger partial charge in [-0.1, -0.05) is 6.08 Å². The van der Waals surface area contributed by atoms with Gasteiger partial charge < -0.3 is 10.1 Å². The summed E-state index contributed by atoms with van der Waals surface area (Å²) in [5.74, 6) is 1.01. The molecule has 2 rings (SSSR count). The zero-order chi connectivity index (χ0) is 9.10. The molecule has 0 unspecified atom stereocenters. The third kappa shape index (κ3) is 1.76. The summed E-state index contributed by atoms with van der Waals surface area (Å²) in [4.78, 5) is 1.30. The van der Waals surface area contributed by atoms with Crippen molar-refractivity contribution in [3.8, 4) is 5.75 Å². The summed E-state index contributed by atoms with van der Waals surface area (Å²) < 4.78 is 5.29. The molecule has 0 radical (unpaired) electrons. The third-order valence-electron chi connectivity index (χ3n) is 2.20. The van der Waals surface area contributed by atoms with Crippen molar-refractivity contribution in [2.75, 3.05) is 20.2 Å². The first-order valence-electron chi connectivity index (χ1n) is 4.43. The second-order valence-corrected chi connectivity index (χ2v) is 3.92. The van der Waals surface area contributed by atoms with Gasteiger partial charge in [-0.3, -0.25) is 0 Å². The fraction of sp³-hybridized carbons (Fsp3) is 0.400. The minimum Gasteiger partial charge on any atom is -0.495 e. The largest absolute Gasteiger partial charge is 0.495 e. The molecule has 1 aliphatic rings. The molecule has 1 N–H and O–H groups in total. The maximum absolute atomic E-state index is 5.29. The molecule has 0 aromatic carbocycles. The highest BCUT2D eigenvalue weighted by Gasteiger charge is 2.11. The molecule has 0 amide bonds. The molecular weight excluding hydrogens is 182 g/mol. The van der Waals surface area contributed by atoms with Crippen LogP contribution >= 0.6 is 11.3 Å². The van der Waals surface area contributed by atoms with Gasteiger partial charge in [-0.2, -0.15) is 0 Å². The minimum atomic E-state index is 0.983. The van der Waals surface area contributed by atoms with Crippen LogP contribution in [0.3, 0.4) is 0 Å². The van der Waals surface area contributed by atoms with Crippen molar-refractivity contribution in [3.05, 3.63) is 22.4 Å². The van der Waals surface area contributed by atoms with Gasteiger partial charge in [-0.15, -0.1) is 11.3 Å². The maximum atomic E-state index is 5.29. The fourth-order valence-electron chi connectivity index (χ4n) is 1.52. The first kappa shape index (κ1) is 8.78. The Morgan fingerprint density at radius 3 is 3.15 bits per heavy atom. The van der Waals surface area contributed by atoms with Gasteiger partial charge in [0.1, 0.15) is 5.75 Å². The Hall–Kier alpha value is -0.800. The molecule has 70 valence electrons. The van der Waals surface area contributed by atoms with Crippen molar-refractivity contribution in [2.45, 2.75) is 6.42 Å². The average Bonchev–Trinajstić information content (AvgIpc) is 2.67. The van der Waals surface area contributed by atoms with Gasteiger partial charge in [0.2, 0.25) is 0 Å². The topological polar surface area (TPSA) is 21.3 Å². The van der Waals surface area contributed by atoms with Crippen LogP contribution in [0.5, 0.6) is 5.75 Å². The predicted molar refractivity (Wildman–Crippen MR) is 56.3 cm³/mol. The molecule has 0 atom stereocenters. The summed E-state index contributed by atoms with van der Waals surface area (Å²) in [5, 5.41) is 5.38. The molecule has 13 heavy (non-hydrogen) atoms. The van der Waals surface area contributed by atoms with Crippen molar-refractivity contribution < 1.29 is 4.74 Å². The molecule has 1 aromatic rings. The Kier molecular flexibility index (Phi) is 2.66. The summed E-state index contributed by atoms with van der Waals surface area (Å²) in [6.07, 6.45) is 3.36. The summed E-state index contributed by atoms with van der Waals surface area (Å²) in [6.45, 7) is 2.06. The van der Waals surface area contributed by atoms with E-state index < -0.39 is 0 Å². The van der Waals surface area contributed by atoms with E-state index in [1.807, 2.05) is 6.07 Å². The Morgan fingerprint density at radius 2 is 2.46 bits per heavy atom. The van der Waals surface area contributed by atoms with E-state index in [1.165, 1.54) is 10.5 Å². The summed E-state index contributed by atoms with van der Waals surface area (Å²) in [5.41, 5.74) is 1.42. The van der Waals surface area contributed by atoms with Crippen molar-refractivity contribution in [3.63, 3.8) is 0 Å². The van der Waals surface area contributed by atoms with Gasteiger partial charge in [0.25, 0.3) is 0 Å². The lowest BCUT2D eigenvalue weighted by atomic mass is 10.1. The zero-order valence-corrected chi connectivity index (χ0v) is 8.49. The monoisotopic (exact) mass is 195 g/mol. The number of hydrogen-bond acceptors (Lipinski definition) is 3. The molecule has 2 heterocycles. The maximum Gasteiger partial charge on any atom is 0.137 e. The Bertz CT molecular complexity index is 316. The number of ether oxygens (including phenoxy) is 1. The second-order valence-electron chi connectivity index (χ2n) is 3.00. The smallest absolute Gasteiger partial charge is 0.137 e. The third-order valence-corrected chi connectivity index (χ3v) is 3.18. The van der Waals surface area contributed by atoms with Crippen LogP contribution in [0.2, 0.25) is 0 Å². The van der Waals surface area contributed by atoms with Crippen LogP contribution in [0.1, 0.15) is 11.3 Å². The number of nitrogens with one attached hydrogen (secondary N) is 1. The van der Waals surface area contributed by atoms with E-state index in [-0.39, 0.29) is 0 Å². The highest BCUT2D eigenvalue weighted by Crippen LogP contribution is 2.33. The van der Waals surface area contributed by atoms with E-state index in [2.05, 4.69) is 16.8 Å². The first-order chi connectivity index (χ1) is 6.42. The van der Waals surface area contributed by atoms with Crippen LogP contribution in [0.4, 0.5) is 0 Å². The van der Waals surface area contributed by atoms with Crippen LogP contribution in [-0.2, 0) is 0 Å². The molecule has 3 heteroatoms. The van der Waals surface area contributed by atoms with Gasteiger partial charge in [0.15, 0.2) is 0 Å². The van der Waals surface area contributed by atoms with Crippen LogP contribution in [0.25, 0.3) is 5.57 Å². The minimum absolute atomic E-state index is 0.983. The van der Waals surface area contributed by atoms with Crippen molar-refractivity contribution in [1.29, 1.82) is 0 Å². The molecule has 1 aromatic heterocycles. The van der Waals surface area contributed by atoms with Gasteiger partial charge in [-0.05, 0) is 30.0 Å². The van der Waals surface area contributed by atoms with Gasteiger partial charge in [0, 0.05) is 6.54 Å². The van der Waals surface area contributed by atoms with E-state index in [0.717, 1.165) is 25.3 Å². The van der Waals surface area contributed by atoms with Crippen molar-refractivity contribution in [2.24, 2.45) is 0 Å².